The van der Waals surface area contributed by atoms with Gasteiger partial charge in [0, 0.05) is 13.1 Å². The Morgan fingerprint density at radius 2 is 1.92 bits per heavy atom. The number of rotatable bonds is 6. The summed E-state index contributed by atoms with van der Waals surface area (Å²) in [6, 6.07) is 0. The fourth-order valence-electron chi connectivity index (χ4n) is 0.757. The van der Waals surface area contributed by atoms with Crippen LogP contribution in [-0.2, 0) is 4.79 Å². The van der Waals surface area contributed by atoms with Gasteiger partial charge >= 0.3 is 0 Å². The van der Waals surface area contributed by atoms with Crippen LogP contribution in [0.5, 0.6) is 0 Å². The van der Waals surface area contributed by atoms with Crippen LogP contribution in [0, 0.1) is 5.41 Å². The Kier molecular flexibility index (Phi) is 6.31. The molecule has 5 heteroatoms. The van der Waals surface area contributed by atoms with Crippen LogP contribution >= 0.6 is 0 Å². The van der Waals surface area contributed by atoms with E-state index in [2.05, 4.69) is 17.2 Å². The third-order valence-corrected chi connectivity index (χ3v) is 1.40. The minimum Gasteiger partial charge on any atom is -0.370 e. The highest BCUT2D eigenvalue weighted by atomic mass is 16.1. The van der Waals surface area contributed by atoms with Crippen molar-refractivity contribution in [1.29, 1.82) is 5.41 Å². The van der Waals surface area contributed by atoms with Gasteiger partial charge in [0.1, 0.15) is 0 Å². The lowest BCUT2D eigenvalue weighted by Crippen LogP contribution is -2.31. The van der Waals surface area contributed by atoms with Crippen molar-refractivity contribution in [2.45, 2.75) is 12.8 Å². The molecule has 5 nitrogen and oxygen atoms in total. The molecule has 0 bridgehead atoms. The highest BCUT2D eigenvalue weighted by molar-refractivity contribution is 5.86. The molecular formula is C8H16N4O. The highest BCUT2D eigenvalue weighted by Crippen LogP contribution is 1.83. The Labute approximate surface area is 77.9 Å². The van der Waals surface area contributed by atoms with Gasteiger partial charge in [0.05, 0.1) is 0 Å². The number of amides is 1. The van der Waals surface area contributed by atoms with E-state index in [1.165, 1.54) is 6.08 Å². The molecule has 0 radical (unpaired) electrons. The van der Waals surface area contributed by atoms with Crippen molar-refractivity contribution in [2.24, 2.45) is 5.73 Å². The largest absolute Gasteiger partial charge is 0.370 e. The Hall–Kier alpha value is -1.52. The Morgan fingerprint density at radius 3 is 2.38 bits per heavy atom. The fraction of sp³-hybridized carbons (Fsp3) is 0.500. The van der Waals surface area contributed by atoms with Crippen molar-refractivity contribution in [3.63, 3.8) is 0 Å². The molecule has 5 N–H and O–H groups in total. The smallest absolute Gasteiger partial charge is 0.243 e. The van der Waals surface area contributed by atoms with Gasteiger partial charge in [-0.05, 0) is 18.9 Å². The second-order valence-corrected chi connectivity index (χ2v) is 2.54. The van der Waals surface area contributed by atoms with Gasteiger partial charge in [-0.25, -0.2) is 0 Å². The van der Waals surface area contributed by atoms with E-state index >= 15 is 0 Å². The second-order valence-electron chi connectivity index (χ2n) is 2.54. The summed E-state index contributed by atoms with van der Waals surface area (Å²) >= 11 is 0. The third kappa shape index (κ3) is 8.39. The minimum absolute atomic E-state index is 0.0184. The topological polar surface area (TPSA) is 91.0 Å². The molecule has 0 aliphatic rings. The van der Waals surface area contributed by atoms with Crippen LogP contribution in [0.25, 0.3) is 0 Å². The average Bonchev–Trinajstić information content (AvgIpc) is 2.10. The molecule has 74 valence electrons. The normalized spacial score (nSPS) is 8.92. The SMILES string of the molecule is C=CC(=O)NCCCCNC(=N)N. The number of nitrogens with one attached hydrogen (secondary N) is 3. The summed E-state index contributed by atoms with van der Waals surface area (Å²) in [5.41, 5.74) is 5.07. The number of unbranched alkanes of at least 4 members (excludes halogenated alkanes) is 1. The molecule has 0 rings (SSSR count). The van der Waals surface area contributed by atoms with E-state index in [1.54, 1.807) is 0 Å². The van der Waals surface area contributed by atoms with Crippen LogP contribution in [0.1, 0.15) is 12.8 Å². The number of hydrogen-bond acceptors (Lipinski definition) is 2. The van der Waals surface area contributed by atoms with Gasteiger partial charge in [-0.2, -0.15) is 0 Å². The first-order valence-electron chi connectivity index (χ1n) is 4.15. The molecule has 0 saturated heterocycles. The first-order valence-corrected chi connectivity index (χ1v) is 4.15. The quantitative estimate of drug-likeness (QED) is 0.195. The molecule has 0 saturated carbocycles. The lowest BCUT2D eigenvalue weighted by Gasteiger charge is -2.03. The maximum atomic E-state index is 10.7. The van der Waals surface area contributed by atoms with E-state index in [0.717, 1.165) is 12.8 Å². The van der Waals surface area contributed by atoms with Gasteiger partial charge in [-0.15, -0.1) is 0 Å². The third-order valence-electron chi connectivity index (χ3n) is 1.40. The second kappa shape index (κ2) is 7.15. The van der Waals surface area contributed by atoms with E-state index in [-0.39, 0.29) is 11.9 Å². The van der Waals surface area contributed by atoms with Crippen molar-refractivity contribution < 1.29 is 4.79 Å². The predicted octanol–water partition coefficient (Wildman–Crippen LogP) is -0.448. The molecule has 0 atom stereocenters. The summed E-state index contributed by atoms with van der Waals surface area (Å²) in [5.74, 6) is -0.172. The maximum absolute atomic E-state index is 10.7. The van der Waals surface area contributed by atoms with Gasteiger partial charge in [0.25, 0.3) is 0 Å². The lowest BCUT2D eigenvalue weighted by atomic mass is 10.3. The minimum atomic E-state index is -0.153. The summed E-state index contributed by atoms with van der Waals surface area (Å²) in [6.45, 7) is 4.63. The maximum Gasteiger partial charge on any atom is 0.243 e. The molecule has 0 spiro atoms. The predicted molar refractivity (Wildman–Crippen MR) is 52.4 cm³/mol. The Morgan fingerprint density at radius 1 is 1.38 bits per heavy atom. The van der Waals surface area contributed by atoms with E-state index < -0.39 is 0 Å². The number of nitrogens with two attached hydrogens (primary N) is 1. The van der Waals surface area contributed by atoms with E-state index in [9.17, 15) is 4.79 Å². The summed E-state index contributed by atoms with van der Waals surface area (Å²) in [4.78, 5) is 10.7. The van der Waals surface area contributed by atoms with Crippen LogP contribution in [-0.4, -0.2) is 25.0 Å². The molecule has 0 heterocycles. The molecule has 0 aromatic rings. The average molecular weight is 184 g/mol. The van der Waals surface area contributed by atoms with Crippen molar-refractivity contribution in [3.05, 3.63) is 12.7 Å². The monoisotopic (exact) mass is 184 g/mol. The van der Waals surface area contributed by atoms with Crippen LogP contribution in [0.2, 0.25) is 0 Å². The summed E-state index contributed by atoms with van der Waals surface area (Å²) in [5, 5.41) is 12.2. The van der Waals surface area contributed by atoms with E-state index in [0.29, 0.717) is 13.1 Å². The number of carbonyl (C=O) groups is 1. The van der Waals surface area contributed by atoms with E-state index in [1.807, 2.05) is 0 Å². The molecule has 1 amide bonds. The molecule has 0 fully saturated rings. The van der Waals surface area contributed by atoms with Crippen molar-refractivity contribution in [2.75, 3.05) is 13.1 Å². The lowest BCUT2D eigenvalue weighted by molar-refractivity contribution is -0.116. The molecule has 0 aliphatic heterocycles. The first-order chi connectivity index (χ1) is 6.16. The van der Waals surface area contributed by atoms with Crippen LogP contribution < -0.4 is 16.4 Å². The zero-order valence-electron chi connectivity index (χ0n) is 7.60. The molecular weight excluding hydrogens is 168 g/mol. The number of guanidine groups is 1. The van der Waals surface area contributed by atoms with Crippen LogP contribution in [0.4, 0.5) is 0 Å². The van der Waals surface area contributed by atoms with Gasteiger partial charge in [-0.1, -0.05) is 6.58 Å². The zero-order chi connectivity index (χ0) is 10.1. The Balaban J connectivity index is 3.12. The Bertz CT molecular complexity index is 191. The van der Waals surface area contributed by atoms with Crippen molar-refractivity contribution >= 4 is 11.9 Å². The molecule has 0 aromatic heterocycles. The standard InChI is InChI=1S/C8H16N4O/c1-2-7(13)11-5-3-4-6-12-8(9)10/h2H,1,3-6H2,(H,11,13)(H4,9,10,12). The van der Waals surface area contributed by atoms with Gasteiger partial charge in [0.15, 0.2) is 5.96 Å². The molecule has 0 aromatic carbocycles. The summed E-state index contributed by atoms with van der Waals surface area (Å²) < 4.78 is 0. The number of hydrogen-bond donors (Lipinski definition) is 4. The summed E-state index contributed by atoms with van der Waals surface area (Å²) in [7, 11) is 0. The summed E-state index contributed by atoms with van der Waals surface area (Å²) in [6.07, 6.45) is 2.98. The molecule has 13 heavy (non-hydrogen) atoms. The van der Waals surface area contributed by atoms with Crippen LogP contribution in [0.3, 0.4) is 0 Å². The van der Waals surface area contributed by atoms with Gasteiger partial charge in [-0.3, -0.25) is 10.2 Å². The number of carbonyl (C=O) groups excluding carboxylic acids is 1. The highest BCUT2D eigenvalue weighted by Gasteiger charge is 1.92. The molecule has 0 aliphatic carbocycles. The van der Waals surface area contributed by atoms with E-state index in [4.69, 9.17) is 11.1 Å². The van der Waals surface area contributed by atoms with Crippen molar-refractivity contribution in [1.82, 2.24) is 10.6 Å². The zero-order valence-corrected chi connectivity index (χ0v) is 7.60. The fourth-order valence-corrected chi connectivity index (χ4v) is 0.757. The van der Waals surface area contributed by atoms with Gasteiger partial charge in [0.2, 0.25) is 5.91 Å². The first kappa shape index (κ1) is 11.5. The van der Waals surface area contributed by atoms with Crippen LogP contribution in [0.15, 0.2) is 12.7 Å². The van der Waals surface area contributed by atoms with Crippen molar-refractivity contribution in [3.8, 4) is 0 Å². The van der Waals surface area contributed by atoms with Gasteiger partial charge < -0.3 is 16.4 Å². The molecule has 0 unspecified atom stereocenters.